The molecule has 20 heavy (non-hydrogen) atoms. The number of nitrogens with one attached hydrogen (secondary N) is 1. The summed E-state index contributed by atoms with van der Waals surface area (Å²) in [7, 11) is 0. The van der Waals surface area contributed by atoms with E-state index < -0.39 is 5.91 Å². The fourth-order valence-electron chi connectivity index (χ4n) is 1.83. The van der Waals surface area contributed by atoms with E-state index in [1.807, 2.05) is 18.2 Å². The Morgan fingerprint density at radius 1 is 1.45 bits per heavy atom. The number of primary amides is 1. The summed E-state index contributed by atoms with van der Waals surface area (Å²) in [6, 6.07) is 5.72. The number of nitrogens with two attached hydrogens (primary N) is 1. The normalized spacial score (nSPS) is 10.8. The molecule has 0 aliphatic rings. The van der Waals surface area contributed by atoms with Crippen LogP contribution in [0, 0.1) is 5.92 Å². The molecule has 0 heterocycles. The Labute approximate surface area is 129 Å². The van der Waals surface area contributed by atoms with Gasteiger partial charge in [0.1, 0.15) is 5.75 Å². The maximum atomic E-state index is 10.8. The van der Waals surface area contributed by atoms with Crippen LogP contribution < -0.4 is 15.8 Å². The van der Waals surface area contributed by atoms with Crippen molar-refractivity contribution < 1.29 is 9.53 Å². The minimum atomic E-state index is -0.469. The quantitative estimate of drug-likeness (QED) is 0.678. The average molecular weight is 343 g/mol. The van der Waals surface area contributed by atoms with E-state index >= 15 is 0 Å². The van der Waals surface area contributed by atoms with Crippen LogP contribution in [0.5, 0.6) is 5.75 Å². The van der Waals surface area contributed by atoms with Crippen molar-refractivity contribution in [2.45, 2.75) is 33.2 Å². The molecule has 1 amide bonds. The number of hydrogen-bond donors (Lipinski definition) is 2. The van der Waals surface area contributed by atoms with Crippen LogP contribution in [-0.2, 0) is 11.3 Å². The monoisotopic (exact) mass is 342 g/mol. The zero-order chi connectivity index (χ0) is 15.0. The van der Waals surface area contributed by atoms with Gasteiger partial charge in [-0.15, -0.1) is 0 Å². The van der Waals surface area contributed by atoms with E-state index in [-0.39, 0.29) is 6.61 Å². The van der Waals surface area contributed by atoms with Gasteiger partial charge in [-0.3, -0.25) is 4.79 Å². The minimum absolute atomic E-state index is 0.0953. The van der Waals surface area contributed by atoms with Crippen molar-refractivity contribution in [3.8, 4) is 5.75 Å². The molecule has 0 saturated heterocycles. The Balaban J connectivity index is 2.49. The highest BCUT2D eigenvalue weighted by Crippen LogP contribution is 2.23. The third-order valence-corrected chi connectivity index (χ3v) is 3.34. The van der Waals surface area contributed by atoms with Crippen LogP contribution in [0.4, 0.5) is 0 Å². The standard InChI is InChI=1S/C15H23BrN2O2/c1-11(2)4-3-7-18-9-12-8-13(16)5-6-14(12)20-10-15(17)19/h5-6,8,11,18H,3-4,7,9-10H2,1-2H3,(H2,17,19). The number of carbonyl (C=O) groups is 1. The number of rotatable bonds is 9. The number of carbonyl (C=O) groups excluding carboxylic acids is 1. The second kappa shape index (κ2) is 8.97. The maximum absolute atomic E-state index is 10.8. The summed E-state index contributed by atoms with van der Waals surface area (Å²) in [6.45, 7) is 6.04. The van der Waals surface area contributed by atoms with Gasteiger partial charge in [0.25, 0.3) is 5.91 Å². The summed E-state index contributed by atoms with van der Waals surface area (Å²) in [5, 5.41) is 3.40. The van der Waals surface area contributed by atoms with Crippen LogP contribution in [0.2, 0.25) is 0 Å². The first-order chi connectivity index (χ1) is 9.49. The highest BCUT2D eigenvalue weighted by atomic mass is 79.9. The summed E-state index contributed by atoms with van der Waals surface area (Å²) in [5.41, 5.74) is 6.12. The first-order valence-corrected chi connectivity index (χ1v) is 7.68. The third-order valence-electron chi connectivity index (χ3n) is 2.84. The van der Waals surface area contributed by atoms with Gasteiger partial charge in [0, 0.05) is 16.6 Å². The Kier molecular flexibility index (Phi) is 7.62. The molecule has 0 radical (unpaired) electrons. The average Bonchev–Trinajstić information content (AvgIpc) is 2.36. The lowest BCUT2D eigenvalue weighted by atomic mass is 10.1. The van der Waals surface area contributed by atoms with E-state index in [9.17, 15) is 4.79 Å². The summed E-state index contributed by atoms with van der Waals surface area (Å²) in [5.74, 6) is 0.962. The fraction of sp³-hybridized carbons (Fsp3) is 0.533. The Bertz CT molecular complexity index is 436. The van der Waals surface area contributed by atoms with Crippen molar-refractivity contribution in [1.29, 1.82) is 0 Å². The first-order valence-electron chi connectivity index (χ1n) is 6.89. The van der Waals surface area contributed by atoms with Gasteiger partial charge in [-0.25, -0.2) is 0 Å². The smallest absolute Gasteiger partial charge is 0.255 e. The van der Waals surface area contributed by atoms with Crippen molar-refractivity contribution in [3.63, 3.8) is 0 Å². The van der Waals surface area contributed by atoms with Gasteiger partial charge in [-0.1, -0.05) is 29.8 Å². The van der Waals surface area contributed by atoms with Gasteiger partial charge in [0.05, 0.1) is 0 Å². The Morgan fingerprint density at radius 3 is 2.85 bits per heavy atom. The number of halogens is 1. The molecule has 0 aromatic heterocycles. The molecule has 0 fully saturated rings. The van der Waals surface area contributed by atoms with Crippen molar-refractivity contribution in [2.24, 2.45) is 11.7 Å². The van der Waals surface area contributed by atoms with Crippen LogP contribution >= 0.6 is 15.9 Å². The van der Waals surface area contributed by atoms with E-state index in [1.165, 1.54) is 6.42 Å². The molecule has 0 unspecified atom stereocenters. The molecule has 0 aliphatic heterocycles. The predicted octanol–water partition coefficient (Wildman–Crippen LogP) is 2.84. The van der Waals surface area contributed by atoms with Crippen LogP contribution in [-0.4, -0.2) is 19.1 Å². The van der Waals surface area contributed by atoms with Crippen molar-refractivity contribution in [2.75, 3.05) is 13.2 Å². The van der Waals surface area contributed by atoms with Crippen molar-refractivity contribution in [1.82, 2.24) is 5.32 Å². The Hall–Kier alpha value is -1.07. The molecule has 3 N–H and O–H groups in total. The molecule has 0 spiro atoms. The molecule has 4 nitrogen and oxygen atoms in total. The lowest BCUT2D eigenvalue weighted by molar-refractivity contribution is -0.119. The van der Waals surface area contributed by atoms with Gasteiger partial charge < -0.3 is 15.8 Å². The lowest BCUT2D eigenvalue weighted by Gasteiger charge is -2.12. The molecule has 112 valence electrons. The third kappa shape index (κ3) is 6.91. The molecule has 1 aromatic carbocycles. The Morgan fingerprint density at radius 2 is 2.20 bits per heavy atom. The van der Waals surface area contributed by atoms with Crippen LogP contribution in [0.3, 0.4) is 0 Å². The van der Waals surface area contributed by atoms with E-state index in [4.69, 9.17) is 10.5 Å². The van der Waals surface area contributed by atoms with Crippen LogP contribution in [0.1, 0.15) is 32.3 Å². The van der Waals surface area contributed by atoms with Gasteiger partial charge >= 0.3 is 0 Å². The second-order valence-electron chi connectivity index (χ2n) is 5.22. The molecule has 0 aliphatic carbocycles. The number of hydrogen-bond acceptors (Lipinski definition) is 3. The van der Waals surface area contributed by atoms with Gasteiger partial charge in [-0.05, 0) is 43.5 Å². The highest BCUT2D eigenvalue weighted by molar-refractivity contribution is 9.10. The zero-order valence-electron chi connectivity index (χ0n) is 12.1. The van der Waals surface area contributed by atoms with Gasteiger partial charge in [-0.2, -0.15) is 0 Å². The lowest BCUT2D eigenvalue weighted by Crippen LogP contribution is -2.21. The zero-order valence-corrected chi connectivity index (χ0v) is 13.7. The van der Waals surface area contributed by atoms with E-state index in [0.717, 1.165) is 28.9 Å². The maximum Gasteiger partial charge on any atom is 0.255 e. The topological polar surface area (TPSA) is 64.3 Å². The number of benzene rings is 1. The predicted molar refractivity (Wildman–Crippen MR) is 84.6 cm³/mol. The summed E-state index contributed by atoms with van der Waals surface area (Å²) in [4.78, 5) is 10.8. The fourth-order valence-corrected chi connectivity index (χ4v) is 2.24. The number of amides is 1. The summed E-state index contributed by atoms with van der Waals surface area (Å²) in [6.07, 6.45) is 2.37. The summed E-state index contributed by atoms with van der Waals surface area (Å²) < 4.78 is 6.40. The minimum Gasteiger partial charge on any atom is -0.483 e. The van der Waals surface area contributed by atoms with Crippen LogP contribution in [0.15, 0.2) is 22.7 Å². The highest BCUT2D eigenvalue weighted by Gasteiger charge is 2.06. The van der Waals surface area contributed by atoms with Crippen molar-refractivity contribution >= 4 is 21.8 Å². The van der Waals surface area contributed by atoms with E-state index in [1.54, 1.807) is 0 Å². The molecular formula is C15H23BrN2O2. The van der Waals surface area contributed by atoms with Crippen LogP contribution in [0.25, 0.3) is 0 Å². The summed E-state index contributed by atoms with van der Waals surface area (Å²) >= 11 is 3.44. The molecule has 0 bridgehead atoms. The first kappa shape index (κ1) is 17.0. The molecule has 5 heteroatoms. The molecule has 1 rings (SSSR count). The van der Waals surface area contributed by atoms with Gasteiger partial charge in [0.15, 0.2) is 6.61 Å². The SMILES string of the molecule is CC(C)CCCNCc1cc(Br)ccc1OCC(N)=O. The molecule has 0 atom stereocenters. The van der Waals surface area contributed by atoms with E-state index in [2.05, 4.69) is 35.1 Å². The van der Waals surface area contributed by atoms with Crippen molar-refractivity contribution in [3.05, 3.63) is 28.2 Å². The number of ether oxygens (including phenoxy) is 1. The molecule has 0 saturated carbocycles. The van der Waals surface area contributed by atoms with E-state index in [0.29, 0.717) is 12.3 Å². The second-order valence-corrected chi connectivity index (χ2v) is 6.14. The molecular weight excluding hydrogens is 320 g/mol. The largest absolute Gasteiger partial charge is 0.483 e. The van der Waals surface area contributed by atoms with Gasteiger partial charge in [0.2, 0.25) is 0 Å². The molecule has 1 aromatic rings.